The van der Waals surface area contributed by atoms with Crippen molar-refractivity contribution in [2.24, 2.45) is 0 Å². The van der Waals surface area contributed by atoms with Crippen LogP contribution in [0, 0.1) is 6.92 Å². The number of nitrogens with zero attached hydrogens (tertiary/aromatic N) is 2. The number of thiazole rings is 1. The maximum absolute atomic E-state index is 11.0. The molecule has 19 heavy (non-hydrogen) atoms. The van der Waals surface area contributed by atoms with Gasteiger partial charge >= 0.3 is 5.97 Å². The quantitative estimate of drug-likeness (QED) is 0.928. The topological polar surface area (TPSA) is 53.4 Å². The molecule has 100 valence electrons. The molecule has 0 aliphatic rings. The van der Waals surface area contributed by atoms with Gasteiger partial charge in [-0.1, -0.05) is 35.1 Å². The van der Waals surface area contributed by atoms with Crippen molar-refractivity contribution in [1.82, 2.24) is 4.98 Å². The number of rotatable bonds is 4. The van der Waals surface area contributed by atoms with Crippen molar-refractivity contribution in [3.63, 3.8) is 0 Å². The van der Waals surface area contributed by atoms with Gasteiger partial charge in [-0.15, -0.1) is 0 Å². The molecule has 1 aromatic carbocycles. The fourth-order valence-electron chi connectivity index (χ4n) is 1.76. The summed E-state index contributed by atoms with van der Waals surface area (Å²) in [6, 6.07) is 7.96. The van der Waals surface area contributed by atoms with Gasteiger partial charge in [0.25, 0.3) is 0 Å². The van der Waals surface area contributed by atoms with Gasteiger partial charge in [0.1, 0.15) is 0 Å². The summed E-state index contributed by atoms with van der Waals surface area (Å²) in [6.45, 7) is 4.68. The third kappa shape index (κ3) is 2.88. The van der Waals surface area contributed by atoms with E-state index in [9.17, 15) is 4.79 Å². The summed E-state index contributed by atoms with van der Waals surface area (Å²) >= 11 is 6.94. The van der Waals surface area contributed by atoms with Crippen molar-refractivity contribution < 1.29 is 9.90 Å². The van der Waals surface area contributed by atoms with Crippen LogP contribution in [0.3, 0.4) is 0 Å². The molecule has 0 saturated carbocycles. The Bertz CT molecular complexity index is 612. The highest BCUT2D eigenvalue weighted by Crippen LogP contribution is 2.33. The Morgan fingerprint density at radius 3 is 2.79 bits per heavy atom. The second kappa shape index (κ2) is 5.59. The van der Waals surface area contributed by atoms with E-state index in [1.54, 1.807) is 0 Å². The van der Waals surface area contributed by atoms with Crippen LogP contribution in [0.1, 0.15) is 22.2 Å². The van der Waals surface area contributed by atoms with E-state index in [0.717, 1.165) is 22.6 Å². The zero-order chi connectivity index (χ0) is 14.0. The fourth-order valence-corrected chi connectivity index (χ4v) is 2.97. The number of carbonyl (C=O) groups is 1. The molecule has 1 aromatic heterocycles. The van der Waals surface area contributed by atoms with Crippen LogP contribution in [0.5, 0.6) is 0 Å². The molecule has 1 N–H and O–H groups in total. The molecule has 2 aromatic rings. The molecular formula is C13H13ClN2O2S. The van der Waals surface area contributed by atoms with Crippen LogP contribution in [0.25, 0.3) is 0 Å². The van der Waals surface area contributed by atoms with E-state index in [0.29, 0.717) is 11.7 Å². The number of anilines is 2. The number of hydrogen-bond donors (Lipinski definition) is 1. The third-order valence-corrected chi connectivity index (χ3v) is 4.08. The summed E-state index contributed by atoms with van der Waals surface area (Å²) in [6.07, 6.45) is 0. The Morgan fingerprint density at radius 1 is 1.53 bits per heavy atom. The molecule has 0 aliphatic carbocycles. The average molecular weight is 297 g/mol. The highest BCUT2D eigenvalue weighted by Gasteiger charge is 2.19. The third-order valence-electron chi connectivity index (χ3n) is 2.63. The van der Waals surface area contributed by atoms with Crippen molar-refractivity contribution in [3.05, 3.63) is 39.9 Å². The van der Waals surface area contributed by atoms with E-state index in [1.165, 1.54) is 0 Å². The van der Waals surface area contributed by atoms with E-state index in [-0.39, 0.29) is 10.0 Å². The molecule has 6 heteroatoms. The van der Waals surface area contributed by atoms with E-state index in [2.05, 4.69) is 4.98 Å². The van der Waals surface area contributed by atoms with Crippen molar-refractivity contribution in [3.8, 4) is 0 Å². The SMILES string of the molecule is CCN(c1cccc(C)c1)c1nc(Cl)c(C(=O)O)s1. The predicted octanol–water partition coefficient (Wildman–Crippen LogP) is 3.96. The van der Waals surface area contributed by atoms with Gasteiger partial charge in [0.15, 0.2) is 15.2 Å². The maximum atomic E-state index is 11.0. The fraction of sp³-hybridized carbons (Fsp3) is 0.231. The van der Waals surface area contributed by atoms with Gasteiger partial charge in [-0.2, -0.15) is 0 Å². The summed E-state index contributed by atoms with van der Waals surface area (Å²) in [5.74, 6) is -1.05. The van der Waals surface area contributed by atoms with Gasteiger partial charge in [0.05, 0.1) is 0 Å². The Kier molecular flexibility index (Phi) is 4.07. The summed E-state index contributed by atoms with van der Waals surface area (Å²) in [7, 11) is 0. The lowest BCUT2D eigenvalue weighted by molar-refractivity contribution is 0.0702. The van der Waals surface area contributed by atoms with E-state index >= 15 is 0 Å². The number of aromatic nitrogens is 1. The average Bonchev–Trinajstić information content (AvgIpc) is 2.72. The summed E-state index contributed by atoms with van der Waals surface area (Å²) in [5.41, 5.74) is 2.11. The number of halogens is 1. The standard InChI is InChI=1S/C13H13ClN2O2S/c1-3-16(9-6-4-5-8(2)7-9)13-15-11(14)10(19-13)12(17)18/h4-7H,3H2,1-2H3,(H,17,18). The molecule has 0 unspecified atom stereocenters. The van der Waals surface area contributed by atoms with E-state index < -0.39 is 5.97 Å². The Balaban J connectivity index is 2.42. The monoisotopic (exact) mass is 296 g/mol. The van der Waals surface area contributed by atoms with Crippen molar-refractivity contribution in [2.75, 3.05) is 11.4 Å². The molecule has 0 amide bonds. The van der Waals surface area contributed by atoms with Crippen molar-refractivity contribution >= 4 is 39.7 Å². The zero-order valence-corrected chi connectivity index (χ0v) is 12.1. The molecular weight excluding hydrogens is 284 g/mol. The molecule has 0 bridgehead atoms. The van der Waals surface area contributed by atoms with E-state index in [4.69, 9.17) is 16.7 Å². The Morgan fingerprint density at radius 2 is 2.26 bits per heavy atom. The smallest absolute Gasteiger partial charge is 0.349 e. The normalized spacial score (nSPS) is 10.5. The highest BCUT2D eigenvalue weighted by molar-refractivity contribution is 7.18. The molecule has 1 heterocycles. The molecule has 0 radical (unpaired) electrons. The first-order valence-electron chi connectivity index (χ1n) is 5.76. The second-order valence-corrected chi connectivity index (χ2v) is 5.34. The van der Waals surface area contributed by atoms with Crippen LogP contribution < -0.4 is 4.90 Å². The van der Waals surface area contributed by atoms with Crippen LogP contribution in [0.15, 0.2) is 24.3 Å². The lowest BCUT2D eigenvalue weighted by Gasteiger charge is -2.20. The van der Waals surface area contributed by atoms with Crippen LogP contribution in [0.2, 0.25) is 5.15 Å². The molecule has 0 aliphatic heterocycles. The van der Waals surface area contributed by atoms with Crippen LogP contribution in [-0.4, -0.2) is 22.6 Å². The summed E-state index contributed by atoms with van der Waals surface area (Å²) in [4.78, 5) is 17.2. The largest absolute Gasteiger partial charge is 0.477 e. The lowest BCUT2D eigenvalue weighted by atomic mass is 10.2. The molecule has 0 fully saturated rings. The summed E-state index contributed by atoms with van der Waals surface area (Å²) in [5, 5.41) is 9.65. The minimum atomic E-state index is -1.05. The Labute approximate surface area is 120 Å². The zero-order valence-electron chi connectivity index (χ0n) is 10.6. The van der Waals surface area contributed by atoms with Gasteiger partial charge in [-0.05, 0) is 31.5 Å². The first-order valence-corrected chi connectivity index (χ1v) is 6.96. The number of aryl methyl sites for hydroxylation is 1. The van der Waals surface area contributed by atoms with Gasteiger partial charge < -0.3 is 10.0 Å². The predicted molar refractivity (Wildman–Crippen MR) is 77.9 cm³/mol. The van der Waals surface area contributed by atoms with Crippen molar-refractivity contribution in [2.45, 2.75) is 13.8 Å². The van der Waals surface area contributed by atoms with Crippen LogP contribution in [0.4, 0.5) is 10.8 Å². The molecule has 2 rings (SSSR count). The van der Waals surface area contributed by atoms with Crippen LogP contribution in [-0.2, 0) is 0 Å². The Hall–Kier alpha value is -1.59. The molecule has 0 atom stereocenters. The second-order valence-electron chi connectivity index (χ2n) is 4.00. The van der Waals surface area contributed by atoms with Crippen molar-refractivity contribution in [1.29, 1.82) is 0 Å². The lowest BCUT2D eigenvalue weighted by Crippen LogP contribution is -2.15. The number of carboxylic acid groups (broad SMARTS) is 1. The molecule has 0 spiro atoms. The maximum Gasteiger partial charge on any atom is 0.349 e. The highest BCUT2D eigenvalue weighted by atomic mass is 35.5. The minimum absolute atomic E-state index is 0.0404. The van der Waals surface area contributed by atoms with Gasteiger partial charge in [-0.3, -0.25) is 0 Å². The first-order chi connectivity index (χ1) is 9.02. The van der Waals surface area contributed by atoms with Gasteiger partial charge in [-0.25, -0.2) is 9.78 Å². The molecule has 0 saturated heterocycles. The van der Waals surface area contributed by atoms with E-state index in [1.807, 2.05) is 43.0 Å². The number of benzene rings is 1. The number of hydrogen-bond acceptors (Lipinski definition) is 4. The molecule has 4 nitrogen and oxygen atoms in total. The number of aromatic carboxylic acids is 1. The summed E-state index contributed by atoms with van der Waals surface area (Å²) < 4.78 is 0. The number of carboxylic acids is 1. The van der Waals surface area contributed by atoms with Gasteiger partial charge in [0.2, 0.25) is 0 Å². The van der Waals surface area contributed by atoms with Gasteiger partial charge in [0, 0.05) is 12.2 Å². The van der Waals surface area contributed by atoms with Crippen LogP contribution >= 0.6 is 22.9 Å². The first kappa shape index (κ1) is 13.8. The minimum Gasteiger partial charge on any atom is -0.477 e.